The van der Waals surface area contributed by atoms with Crippen LogP contribution in [0.25, 0.3) is 11.0 Å². The van der Waals surface area contributed by atoms with E-state index in [0.29, 0.717) is 0 Å². The van der Waals surface area contributed by atoms with Crippen molar-refractivity contribution in [2.75, 3.05) is 13.9 Å². The molecule has 0 aliphatic rings. The summed E-state index contributed by atoms with van der Waals surface area (Å²) in [4.78, 5) is 23.5. The lowest BCUT2D eigenvalue weighted by Crippen LogP contribution is -2.37. The number of hydrogen-bond acceptors (Lipinski definition) is 8. The molecule has 0 saturated heterocycles. The van der Waals surface area contributed by atoms with Gasteiger partial charge in [-0.2, -0.15) is 0 Å². The van der Waals surface area contributed by atoms with E-state index in [2.05, 4.69) is 0 Å². The second-order valence-corrected chi connectivity index (χ2v) is 7.87. The highest BCUT2D eigenvalue weighted by Crippen LogP contribution is 2.24. The summed E-state index contributed by atoms with van der Waals surface area (Å²) < 4.78 is 46.6. The number of nitrogens with one attached hydrogen (secondary N) is 1. The Bertz CT molecular complexity index is 972. The standard InChI is InChI=1S/C16H19NO8S/c1-16(2,3)25-15(19)17-26(20,21)12-8-23-14-10(13(12)18)6-5-7-11(14)24-9-22-4/h5-8H,9H2,1-4H3,(H,17,19). The molecule has 1 aromatic heterocycles. The van der Waals surface area contributed by atoms with Gasteiger partial charge < -0.3 is 18.6 Å². The fourth-order valence-corrected chi connectivity index (χ4v) is 2.90. The normalized spacial score (nSPS) is 12.0. The van der Waals surface area contributed by atoms with Crippen molar-refractivity contribution in [1.29, 1.82) is 0 Å². The number of methoxy groups -OCH3 is 1. The van der Waals surface area contributed by atoms with Crippen molar-refractivity contribution in [1.82, 2.24) is 4.72 Å². The molecule has 1 heterocycles. The molecule has 0 fully saturated rings. The summed E-state index contributed by atoms with van der Waals surface area (Å²) in [5.74, 6) is 0.213. The van der Waals surface area contributed by atoms with Gasteiger partial charge in [0.1, 0.15) is 11.9 Å². The van der Waals surface area contributed by atoms with E-state index in [-0.39, 0.29) is 23.5 Å². The smallest absolute Gasteiger partial charge is 0.421 e. The summed E-state index contributed by atoms with van der Waals surface area (Å²) in [5.41, 5.74) is -1.68. The minimum atomic E-state index is -4.48. The molecular formula is C16H19NO8S. The first-order chi connectivity index (χ1) is 12.0. The van der Waals surface area contributed by atoms with Crippen LogP contribution in [0.5, 0.6) is 5.75 Å². The van der Waals surface area contributed by atoms with Crippen molar-refractivity contribution in [3.05, 3.63) is 34.7 Å². The molecular weight excluding hydrogens is 366 g/mol. The maximum Gasteiger partial charge on any atom is 0.421 e. The van der Waals surface area contributed by atoms with Crippen LogP contribution in [0, 0.1) is 0 Å². The quantitative estimate of drug-likeness (QED) is 0.776. The molecule has 1 aromatic carbocycles. The number of para-hydroxylation sites is 1. The second kappa shape index (κ2) is 7.34. The third-order valence-electron chi connectivity index (χ3n) is 2.97. The van der Waals surface area contributed by atoms with Crippen LogP contribution in [0.2, 0.25) is 0 Å². The molecule has 2 rings (SSSR count). The molecule has 1 N–H and O–H groups in total. The summed E-state index contributed by atoms with van der Waals surface area (Å²) in [6.07, 6.45) is -0.453. The first-order valence-corrected chi connectivity index (χ1v) is 8.95. The lowest BCUT2D eigenvalue weighted by molar-refractivity contribution is 0.0514. The van der Waals surface area contributed by atoms with Crippen LogP contribution in [0.4, 0.5) is 4.79 Å². The van der Waals surface area contributed by atoms with Gasteiger partial charge in [-0.3, -0.25) is 4.79 Å². The van der Waals surface area contributed by atoms with Gasteiger partial charge in [0, 0.05) is 7.11 Å². The zero-order valence-corrected chi connectivity index (χ0v) is 15.5. The van der Waals surface area contributed by atoms with Crippen molar-refractivity contribution in [3.63, 3.8) is 0 Å². The number of hydrogen-bond donors (Lipinski definition) is 1. The summed E-state index contributed by atoms with van der Waals surface area (Å²) in [6.45, 7) is 4.64. The molecule has 9 nitrogen and oxygen atoms in total. The van der Waals surface area contributed by atoms with Crippen LogP contribution in [-0.4, -0.2) is 34.0 Å². The number of ether oxygens (including phenoxy) is 3. The van der Waals surface area contributed by atoms with Crippen molar-refractivity contribution in [2.45, 2.75) is 31.3 Å². The molecule has 142 valence electrons. The molecule has 26 heavy (non-hydrogen) atoms. The number of rotatable bonds is 5. The Morgan fingerprint density at radius 3 is 2.58 bits per heavy atom. The summed E-state index contributed by atoms with van der Waals surface area (Å²) in [5, 5.41) is -0.0225. The van der Waals surface area contributed by atoms with Gasteiger partial charge >= 0.3 is 6.09 Å². The van der Waals surface area contributed by atoms with E-state index in [1.54, 1.807) is 25.5 Å². The molecule has 1 amide bonds. The third-order valence-corrected chi connectivity index (χ3v) is 4.27. The van der Waals surface area contributed by atoms with Gasteiger partial charge in [0.15, 0.2) is 23.0 Å². The Hall–Kier alpha value is -2.59. The van der Waals surface area contributed by atoms with Crippen LogP contribution in [0.1, 0.15) is 20.8 Å². The van der Waals surface area contributed by atoms with Crippen molar-refractivity contribution in [3.8, 4) is 5.75 Å². The van der Waals surface area contributed by atoms with E-state index < -0.39 is 32.0 Å². The van der Waals surface area contributed by atoms with Crippen LogP contribution >= 0.6 is 0 Å². The summed E-state index contributed by atoms with van der Waals surface area (Å²) in [6, 6.07) is 4.42. The third kappa shape index (κ3) is 4.52. The average Bonchev–Trinajstić information content (AvgIpc) is 2.50. The fourth-order valence-electron chi connectivity index (χ4n) is 2.00. The zero-order valence-electron chi connectivity index (χ0n) is 14.7. The number of carbonyl (C=O) groups is 1. The molecule has 0 aliphatic heterocycles. The largest absolute Gasteiger partial charge is 0.464 e. The zero-order chi connectivity index (χ0) is 19.5. The summed E-state index contributed by atoms with van der Waals surface area (Å²) in [7, 11) is -3.06. The van der Waals surface area contributed by atoms with Crippen molar-refractivity contribution >= 4 is 27.1 Å². The lowest BCUT2D eigenvalue weighted by Gasteiger charge is -2.19. The number of carbonyl (C=O) groups excluding carboxylic acids is 1. The molecule has 0 unspecified atom stereocenters. The molecule has 0 saturated carbocycles. The van der Waals surface area contributed by atoms with Gasteiger partial charge in [0.25, 0.3) is 10.0 Å². The Labute approximate surface area is 149 Å². The lowest BCUT2D eigenvalue weighted by atomic mass is 10.2. The predicted molar refractivity (Wildman–Crippen MR) is 91.5 cm³/mol. The first kappa shape index (κ1) is 19.7. The van der Waals surface area contributed by atoms with Crippen LogP contribution in [-0.2, 0) is 19.5 Å². The maximum atomic E-state index is 12.5. The van der Waals surface area contributed by atoms with E-state index in [1.165, 1.54) is 25.3 Å². The maximum absolute atomic E-state index is 12.5. The van der Waals surface area contributed by atoms with Crippen molar-refractivity contribution in [2.24, 2.45) is 0 Å². The molecule has 0 radical (unpaired) electrons. The molecule has 0 aliphatic carbocycles. The Balaban J connectivity index is 2.43. The number of sulfonamides is 1. The van der Waals surface area contributed by atoms with Gasteiger partial charge in [-0.1, -0.05) is 6.07 Å². The molecule has 0 bridgehead atoms. The van der Waals surface area contributed by atoms with E-state index in [0.717, 1.165) is 6.26 Å². The molecule has 0 spiro atoms. The van der Waals surface area contributed by atoms with Crippen LogP contribution in [0.15, 0.2) is 38.6 Å². The average molecular weight is 385 g/mol. The predicted octanol–water partition coefficient (Wildman–Crippen LogP) is 1.99. The Morgan fingerprint density at radius 2 is 1.96 bits per heavy atom. The molecule has 0 atom stereocenters. The van der Waals surface area contributed by atoms with Gasteiger partial charge in [-0.05, 0) is 32.9 Å². The highest BCUT2D eigenvalue weighted by molar-refractivity contribution is 7.90. The highest BCUT2D eigenvalue weighted by atomic mass is 32.2. The SMILES string of the molecule is COCOc1cccc2c(=O)c(S(=O)(=O)NC(=O)OC(C)(C)C)coc12. The molecule has 10 heteroatoms. The second-order valence-electron chi connectivity index (χ2n) is 6.22. The van der Waals surface area contributed by atoms with E-state index in [4.69, 9.17) is 18.6 Å². The van der Waals surface area contributed by atoms with E-state index in [9.17, 15) is 18.0 Å². The Morgan fingerprint density at radius 1 is 1.27 bits per heavy atom. The fraction of sp³-hybridized carbons (Fsp3) is 0.375. The van der Waals surface area contributed by atoms with E-state index >= 15 is 0 Å². The topological polar surface area (TPSA) is 121 Å². The van der Waals surface area contributed by atoms with Gasteiger partial charge in [0.05, 0.1) is 5.39 Å². The van der Waals surface area contributed by atoms with E-state index in [1.807, 2.05) is 0 Å². The van der Waals surface area contributed by atoms with Gasteiger partial charge in [0.2, 0.25) is 5.43 Å². The number of fused-ring (bicyclic) bond motifs is 1. The minimum absolute atomic E-state index is 0.0225. The van der Waals surface area contributed by atoms with Crippen molar-refractivity contribution < 1.29 is 31.8 Å². The van der Waals surface area contributed by atoms with Gasteiger partial charge in [-0.25, -0.2) is 17.9 Å². The van der Waals surface area contributed by atoms with Crippen LogP contribution < -0.4 is 14.9 Å². The Kier molecular flexibility index (Phi) is 5.57. The monoisotopic (exact) mass is 385 g/mol. The number of benzene rings is 1. The van der Waals surface area contributed by atoms with Gasteiger partial charge in [-0.15, -0.1) is 0 Å². The molecule has 2 aromatic rings. The van der Waals surface area contributed by atoms with Crippen LogP contribution in [0.3, 0.4) is 0 Å². The number of amides is 1. The summed E-state index contributed by atoms with van der Waals surface area (Å²) >= 11 is 0. The minimum Gasteiger partial charge on any atom is -0.464 e. The highest BCUT2D eigenvalue weighted by Gasteiger charge is 2.27. The first-order valence-electron chi connectivity index (χ1n) is 7.47.